The molecule has 78 valence electrons. The number of aliphatic hydroxyl groups is 1. The van der Waals surface area contributed by atoms with Crippen molar-refractivity contribution < 1.29 is 9.21 Å². The van der Waals surface area contributed by atoms with Crippen molar-refractivity contribution >= 4 is 8.41 Å². The molecule has 0 amide bonds. The summed E-state index contributed by atoms with van der Waals surface area (Å²) in [6.45, 7) is 7.01. The van der Waals surface area contributed by atoms with E-state index in [0.717, 1.165) is 25.7 Å². The molecule has 13 heavy (non-hydrogen) atoms. The Morgan fingerprint density at radius 2 is 2.08 bits per heavy atom. The number of allylic oxidation sites excluding steroid dienone is 1. The Morgan fingerprint density at radius 1 is 1.46 bits per heavy atom. The molecule has 0 aromatic heterocycles. The topological polar surface area (TPSA) is 20.2 Å². The summed E-state index contributed by atoms with van der Waals surface area (Å²) in [5, 5.41) is 9.42. The van der Waals surface area contributed by atoms with Gasteiger partial charge in [-0.25, -0.2) is 0 Å². The van der Waals surface area contributed by atoms with E-state index in [1.54, 1.807) is 19.2 Å². The van der Waals surface area contributed by atoms with Crippen molar-refractivity contribution in [2.75, 3.05) is 0 Å². The fourth-order valence-electron chi connectivity index (χ4n) is 1.21. The van der Waals surface area contributed by atoms with E-state index in [2.05, 4.69) is 6.58 Å². The van der Waals surface area contributed by atoms with E-state index in [0.29, 0.717) is 6.04 Å². The van der Waals surface area contributed by atoms with Gasteiger partial charge in [0.2, 0.25) is 8.41 Å². The molecular formula is C10H21FOSi. The van der Waals surface area contributed by atoms with Gasteiger partial charge in [-0.05, 0) is 38.4 Å². The fraction of sp³-hybridized carbons (Fsp3) is 0.800. The highest BCUT2D eigenvalue weighted by atomic mass is 28.4. The maximum Gasteiger partial charge on any atom is 0.240 e. The van der Waals surface area contributed by atoms with E-state index in [4.69, 9.17) is 0 Å². The van der Waals surface area contributed by atoms with Gasteiger partial charge < -0.3 is 9.21 Å². The van der Waals surface area contributed by atoms with Gasteiger partial charge in [-0.2, -0.15) is 0 Å². The van der Waals surface area contributed by atoms with E-state index in [1.165, 1.54) is 0 Å². The Balaban J connectivity index is 3.36. The van der Waals surface area contributed by atoms with E-state index >= 15 is 0 Å². The maximum absolute atomic E-state index is 13.1. The van der Waals surface area contributed by atoms with Gasteiger partial charge in [0.15, 0.2) is 0 Å². The summed E-state index contributed by atoms with van der Waals surface area (Å²) in [7, 11) is -2.39. The predicted octanol–water partition coefficient (Wildman–Crippen LogP) is 3.27. The van der Waals surface area contributed by atoms with Crippen LogP contribution in [0, 0.1) is 0 Å². The van der Waals surface area contributed by atoms with Crippen LogP contribution in [-0.4, -0.2) is 19.6 Å². The summed E-state index contributed by atoms with van der Waals surface area (Å²) in [6, 6.07) is 0.665. The van der Waals surface area contributed by atoms with E-state index in [1.807, 2.05) is 0 Å². The van der Waals surface area contributed by atoms with E-state index < -0.39 is 8.41 Å². The molecule has 0 aliphatic rings. The van der Waals surface area contributed by atoms with Crippen LogP contribution in [0.4, 0.5) is 4.11 Å². The second-order valence-corrected chi connectivity index (χ2v) is 8.07. The molecule has 1 unspecified atom stereocenters. The first-order valence-corrected chi connectivity index (χ1v) is 8.02. The standard InChI is InChI=1S/C10H21FOSi/c1-4-5-7-10(12)8-6-9-13(2,3)11/h4,10,12H,1,5-9H2,2-3H3. The first kappa shape index (κ1) is 12.8. The second kappa shape index (κ2) is 6.32. The summed E-state index contributed by atoms with van der Waals surface area (Å²) < 4.78 is 13.1. The summed E-state index contributed by atoms with van der Waals surface area (Å²) in [5.41, 5.74) is 0. The zero-order valence-electron chi connectivity index (χ0n) is 8.72. The van der Waals surface area contributed by atoms with Crippen molar-refractivity contribution in [3.63, 3.8) is 0 Å². The average molecular weight is 204 g/mol. The molecule has 1 N–H and O–H groups in total. The SMILES string of the molecule is C=CCCC(O)CCC[Si](C)(C)F. The predicted molar refractivity (Wildman–Crippen MR) is 58.1 cm³/mol. The normalized spacial score (nSPS) is 14.2. The Bertz CT molecular complexity index is 142. The smallest absolute Gasteiger partial charge is 0.240 e. The highest BCUT2D eigenvalue weighted by molar-refractivity contribution is 6.70. The van der Waals surface area contributed by atoms with Crippen LogP contribution >= 0.6 is 0 Å². The first-order valence-electron chi connectivity index (χ1n) is 4.93. The van der Waals surface area contributed by atoms with Gasteiger partial charge in [0, 0.05) is 0 Å². The third-order valence-electron chi connectivity index (χ3n) is 2.01. The molecule has 0 saturated carbocycles. The van der Waals surface area contributed by atoms with Crippen molar-refractivity contribution in [1.29, 1.82) is 0 Å². The summed E-state index contributed by atoms with van der Waals surface area (Å²) >= 11 is 0. The lowest BCUT2D eigenvalue weighted by molar-refractivity contribution is 0.154. The van der Waals surface area contributed by atoms with E-state index in [9.17, 15) is 9.21 Å². The van der Waals surface area contributed by atoms with Crippen molar-refractivity contribution in [3.05, 3.63) is 12.7 Å². The van der Waals surface area contributed by atoms with Gasteiger partial charge in [0.25, 0.3) is 0 Å². The van der Waals surface area contributed by atoms with Crippen LogP contribution < -0.4 is 0 Å². The van der Waals surface area contributed by atoms with Crippen molar-refractivity contribution in [1.82, 2.24) is 0 Å². The molecule has 3 heteroatoms. The maximum atomic E-state index is 13.1. The molecule has 0 radical (unpaired) electrons. The number of hydrogen-bond donors (Lipinski definition) is 1. The molecule has 1 atom stereocenters. The van der Waals surface area contributed by atoms with Crippen molar-refractivity contribution in [2.45, 2.75) is 50.9 Å². The van der Waals surface area contributed by atoms with Crippen LogP contribution in [0.25, 0.3) is 0 Å². The lowest BCUT2D eigenvalue weighted by atomic mass is 10.1. The molecule has 0 rings (SSSR count). The molecule has 0 spiro atoms. The number of hydrogen-bond acceptors (Lipinski definition) is 1. The van der Waals surface area contributed by atoms with Crippen LogP contribution in [0.3, 0.4) is 0 Å². The lowest BCUT2D eigenvalue weighted by Crippen LogP contribution is -2.18. The summed E-state index contributed by atoms with van der Waals surface area (Å²) in [6.07, 6.45) is 4.68. The second-order valence-electron chi connectivity index (χ2n) is 4.13. The van der Waals surface area contributed by atoms with Crippen LogP contribution in [0.2, 0.25) is 19.1 Å². The Labute approximate surface area is 81.8 Å². The molecule has 0 aromatic rings. The number of rotatable bonds is 7. The summed E-state index contributed by atoms with van der Waals surface area (Å²) in [5.74, 6) is 0. The molecule has 0 bridgehead atoms. The van der Waals surface area contributed by atoms with Crippen LogP contribution in [-0.2, 0) is 0 Å². The minimum absolute atomic E-state index is 0.269. The van der Waals surface area contributed by atoms with Gasteiger partial charge >= 0.3 is 0 Å². The lowest BCUT2D eigenvalue weighted by Gasteiger charge is -2.12. The minimum atomic E-state index is -2.39. The number of halogens is 1. The highest BCUT2D eigenvalue weighted by Crippen LogP contribution is 2.16. The monoisotopic (exact) mass is 204 g/mol. The Morgan fingerprint density at radius 3 is 2.54 bits per heavy atom. The first-order chi connectivity index (χ1) is 5.95. The third-order valence-corrected chi connectivity index (χ3v) is 3.56. The molecule has 0 saturated heterocycles. The largest absolute Gasteiger partial charge is 0.393 e. The average Bonchev–Trinajstić information content (AvgIpc) is 1.98. The van der Waals surface area contributed by atoms with Crippen molar-refractivity contribution in [3.8, 4) is 0 Å². The fourth-order valence-corrected chi connectivity index (χ4v) is 2.26. The van der Waals surface area contributed by atoms with E-state index in [-0.39, 0.29) is 6.10 Å². The number of aliphatic hydroxyl groups excluding tert-OH is 1. The molecule has 0 aliphatic carbocycles. The van der Waals surface area contributed by atoms with Gasteiger partial charge in [-0.15, -0.1) is 6.58 Å². The zero-order chi connectivity index (χ0) is 10.3. The van der Waals surface area contributed by atoms with Gasteiger partial charge in [0.1, 0.15) is 0 Å². The van der Waals surface area contributed by atoms with Crippen LogP contribution in [0.5, 0.6) is 0 Å². The zero-order valence-corrected chi connectivity index (χ0v) is 9.72. The molecule has 0 heterocycles. The summed E-state index contributed by atoms with van der Waals surface area (Å²) in [4.78, 5) is 0. The quantitative estimate of drug-likeness (QED) is 0.383. The Hall–Kier alpha value is -0.153. The molecule has 0 fully saturated rings. The molecule has 0 aromatic carbocycles. The minimum Gasteiger partial charge on any atom is -0.393 e. The van der Waals surface area contributed by atoms with Gasteiger partial charge in [-0.3, -0.25) is 0 Å². The van der Waals surface area contributed by atoms with Gasteiger partial charge in [0.05, 0.1) is 6.10 Å². The Kier molecular flexibility index (Phi) is 6.25. The van der Waals surface area contributed by atoms with Crippen molar-refractivity contribution in [2.24, 2.45) is 0 Å². The van der Waals surface area contributed by atoms with Gasteiger partial charge in [-0.1, -0.05) is 12.5 Å². The molecular weight excluding hydrogens is 183 g/mol. The van der Waals surface area contributed by atoms with Crippen LogP contribution in [0.1, 0.15) is 25.7 Å². The molecule has 1 nitrogen and oxygen atoms in total. The molecule has 0 aliphatic heterocycles. The highest BCUT2D eigenvalue weighted by Gasteiger charge is 2.19. The third kappa shape index (κ3) is 9.76. The van der Waals surface area contributed by atoms with Crippen LogP contribution in [0.15, 0.2) is 12.7 Å².